The van der Waals surface area contributed by atoms with E-state index in [1.165, 1.54) is 10.4 Å². The third kappa shape index (κ3) is 4.14. The van der Waals surface area contributed by atoms with Gasteiger partial charge in [0.05, 0.1) is 0 Å². The van der Waals surface area contributed by atoms with Crippen molar-refractivity contribution in [2.75, 3.05) is 26.2 Å². The molecule has 0 radical (unpaired) electrons. The molecule has 0 amide bonds. The van der Waals surface area contributed by atoms with Crippen LogP contribution in [0.25, 0.3) is 0 Å². The van der Waals surface area contributed by atoms with Gasteiger partial charge in [-0.15, -0.1) is 11.3 Å². The lowest BCUT2D eigenvalue weighted by atomic mass is 10.1. The predicted octanol–water partition coefficient (Wildman–Crippen LogP) is 2.21. The standard InChI is InChI=1S/C17H23N3OS/c21-9-5-16-13-19(12-15-3-1-6-18-11-15)7-8-20(16)14-17-4-2-10-22-17/h1-4,6,10-11,16,21H,5,7-9,12-14H2. The van der Waals surface area contributed by atoms with E-state index in [1.807, 2.05) is 29.8 Å². The van der Waals surface area contributed by atoms with Crippen LogP contribution in [0, 0.1) is 0 Å². The number of hydrogen-bond acceptors (Lipinski definition) is 5. The molecule has 1 atom stereocenters. The Labute approximate surface area is 136 Å². The number of pyridine rings is 1. The summed E-state index contributed by atoms with van der Waals surface area (Å²) in [5, 5.41) is 11.5. The number of piperazine rings is 1. The Hall–Kier alpha value is -1.27. The van der Waals surface area contributed by atoms with Gasteiger partial charge < -0.3 is 5.11 Å². The lowest BCUT2D eigenvalue weighted by molar-refractivity contribution is 0.0506. The van der Waals surface area contributed by atoms with Crippen molar-refractivity contribution in [3.63, 3.8) is 0 Å². The molecule has 1 aliphatic heterocycles. The summed E-state index contributed by atoms with van der Waals surface area (Å²) in [6.45, 7) is 5.35. The van der Waals surface area contributed by atoms with Gasteiger partial charge in [-0.05, 0) is 29.5 Å². The van der Waals surface area contributed by atoms with Crippen LogP contribution in [0.2, 0.25) is 0 Å². The first-order chi connectivity index (χ1) is 10.8. The Kier molecular flexibility index (Phi) is 5.56. The summed E-state index contributed by atoms with van der Waals surface area (Å²) < 4.78 is 0. The summed E-state index contributed by atoms with van der Waals surface area (Å²) in [6, 6.07) is 8.86. The van der Waals surface area contributed by atoms with E-state index in [0.717, 1.165) is 39.1 Å². The average Bonchev–Trinajstić information content (AvgIpc) is 3.04. The minimum absolute atomic E-state index is 0.256. The first-order valence-electron chi connectivity index (χ1n) is 7.83. The normalized spacial score (nSPS) is 20.3. The zero-order valence-electron chi connectivity index (χ0n) is 12.8. The van der Waals surface area contributed by atoms with Crippen molar-refractivity contribution in [3.05, 3.63) is 52.5 Å². The molecule has 22 heavy (non-hydrogen) atoms. The maximum Gasteiger partial charge on any atom is 0.0446 e. The van der Waals surface area contributed by atoms with Crippen molar-refractivity contribution in [3.8, 4) is 0 Å². The number of hydrogen-bond donors (Lipinski definition) is 1. The Bertz CT molecular complexity index is 546. The molecule has 1 saturated heterocycles. The van der Waals surface area contributed by atoms with Gasteiger partial charge in [0.1, 0.15) is 0 Å². The highest BCUT2D eigenvalue weighted by atomic mass is 32.1. The van der Waals surface area contributed by atoms with Gasteiger partial charge in [-0.2, -0.15) is 0 Å². The van der Waals surface area contributed by atoms with Crippen molar-refractivity contribution in [2.24, 2.45) is 0 Å². The number of aliphatic hydroxyl groups is 1. The molecule has 1 unspecified atom stereocenters. The predicted molar refractivity (Wildman–Crippen MR) is 89.7 cm³/mol. The molecule has 1 N–H and O–H groups in total. The van der Waals surface area contributed by atoms with Crippen molar-refractivity contribution in [1.29, 1.82) is 0 Å². The fraction of sp³-hybridized carbons (Fsp3) is 0.471. The summed E-state index contributed by atoms with van der Waals surface area (Å²) in [6.07, 6.45) is 4.60. The van der Waals surface area contributed by atoms with Gasteiger partial charge in [0, 0.05) is 62.6 Å². The van der Waals surface area contributed by atoms with E-state index >= 15 is 0 Å². The van der Waals surface area contributed by atoms with Crippen LogP contribution in [0.3, 0.4) is 0 Å². The number of aliphatic hydroxyl groups excluding tert-OH is 1. The molecule has 2 aromatic rings. The fourth-order valence-corrected chi connectivity index (χ4v) is 3.81. The maximum atomic E-state index is 9.39. The lowest BCUT2D eigenvalue weighted by Crippen LogP contribution is -2.52. The second-order valence-corrected chi connectivity index (χ2v) is 6.84. The highest BCUT2D eigenvalue weighted by Crippen LogP contribution is 2.20. The molecular weight excluding hydrogens is 294 g/mol. The minimum atomic E-state index is 0.256. The SMILES string of the molecule is OCCC1CN(Cc2cccnc2)CCN1Cc1cccs1. The maximum absolute atomic E-state index is 9.39. The molecule has 0 aliphatic carbocycles. The number of rotatable bonds is 6. The van der Waals surface area contributed by atoms with Gasteiger partial charge in [0.25, 0.3) is 0 Å². The third-order valence-corrected chi connectivity index (χ3v) is 5.08. The molecule has 4 nitrogen and oxygen atoms in total. The van der Waals surface area contributed by atoms with E-state index < -0.39 is 0 Å². The molecule has 0 bridgehead atoms. The van der Waals surface area contributed by atoms with Crippen LogP contribution in [-0.4, -0.2) is 52.2 Å². The van der Waals surface area contributed by atoms with Crippen LogP contribution in [0.4, 0.5) is 0 Å². The monoisotopic (exact) mass is 317 g/mol. The summed E-state index contributed by atoms with van der Waals surface area (Å²) in [5.41, 5.74) is 1.26. The van der Waals surface area contributed by atoms with Gasteiger partial charge >= 0.3 is 0 Å². The molecule has 5 heteroatoms. The van der Waals surface area contributed by atoms with E-state index in [1.54, 1.807) is 0 Å². The summed E-state index contributed by atoms with van der Waals surface area (Å²) in [5.74, 6) is 0. The lowest BCUT2D eigenvalue weighted by Gasteiger charge is -2.41. The van der Waals surface area contributed by atoms with E-state index in [2.05, 4.69) is 38.4 Å². The summed E-state index contributed by atoms with van der Waals surface area (Å²) >= 11 is 1.81. The molecule has 3 heterocycles. The molecular formula is C17H23N3OS. The van der Waals surface area contributed by atoms with Crippen LogP contribution in [0.1, 0.15) is 16.9 Å². The molecule has 3 rings (SSSR count). The minimum Gasteiger partial charge on any atom is -0.396 e. The largest absolute Gasteiger partial charge is 0.396 e. The molecule has 1 fully saturated rings. The summed E-state index contributed by atoms with van der Waals surface area (Å²) in [4.78, 5) is 10.6. The van der Waals surface area contributed by atoms with E-state index in [9.17, 15) is 5.11 Å². The second-order valence-electron chi connectivity index (χ2n) is 5.81. The van der Waals surface area contributed by atoms with Gasteiger partial charge in [-0.3, -0.25) is 14.8 Å². The Morgan fingerprint density at radius 1 is 1.23 bits per heavy atom. The second kappa shape index (κ2) is 7.83. The topological polar surface area (TPSA) is 39.6 Å². The number of thiophene rings is 1. The first-order valence-corrected chi connectivity index (χ1v) is 8.71. The number of nitrogens with zero attached hydrogens (tertiary/aromatic N) is 3. The number of aromatic nitrogens is 1. The van der Waals surface area contributed by atoms with Gasteiger partial charge in [0.2, 0.25) is 0 Å². The van der Waals surface area contributed by atoms with E-state index in [0.29, 0.717) is 6.04 Å². The molecule has 0 spiro atoms. The van der Waals surface area contributed by atoms with Crippen LogP contribution in [-0.2, 0) is 13.1 Å². The average molecular weight is 317 g/mol. The Balaban J connectivity index is 1.60. The van der Waals surface area contributed by atoms with E-state index in [-0.39, 0.29) is 6.61 Å². The smallest absolute Gasteiger partial charge is 0.0446 e. The summed E-state index contributed by atoms with van der Waals surface area (Å²) in [7, 11) is 0. The quantitative estimate of drug-likeness (QED) is 0.887. The molecule has 1 aliphatic rings. The van der Waals surface area contributed by atoms with Crippen molar-refractivity contribution in [1.82, 2.24) is 14.8 Å². The van der Waals surface area contributed by atoms with Crippen LogP contribution >= 0.6 is 11.3 Å². The van der Waals surface area contributed by atoms with Crippen LogP contribution in [0.5, 0.6) is 0 Å². The van der Waals surface area contributed by atoms with Gasteiger partial charge in [0.15, 0.2) is 0 Å². The van der Waals surface area contributed by atoms with Gasteiger partial charge in [-0.1, -0.05) is 12.1 Å². The first kappa shape index (κ1) is 15.6. The zero-order valence-corrected chi connectivity index (χ0v) is 13.6. The highest BCUT2D eigenvalue weighted by molar-refractivity contribution is 7.09. The van der Waals surface area contributed by atoms with Crippen molar-refractivity contribution >= 4 is 11.3 Å². The molecule has 118 valence electrons. The Morgan fingerprint density at radius 3 is 2.91 bits per heavy atom. The molecule has 2 aromatic heterocycles. The Morgan fingerprint density at radius 2 is 2.18 bits per heavy atom. The molecule has 0 saturated carbocycles. The van der Waals surface area contributed by atoms with Crippen molar-refractivity contribution in [2.45, 2.75) is 25.6 Å². The molecule has 0 aromatic carbocycles. The zero-order chi connectivity index (χ0) is 15.2. The van der Waals surface area contributed by atoms with Gasteiger partial charge in [-0.25, -0.2) is 0 Å². The van der Waals surface area contributed by atoms with Crippen LogP contribution in [0.15, 0.2) is 42.0 Å². The van der Waals surface area contributed by atoms with Crippen molar-refractivity contribution < 1.29 is 5.11 Å². The van der Waals surface area contributed by atoms with Crippen LogP contribution < -0.4 is 0 Å². The van der Waals surface area contributed by atoms with E-state index in [4.69, 9.17) is 0 Å². The third-order valence-electron chi connectivity index (χ3n) is 4.22. The fourth-order valence-electron chi connectivity index (χ4n) is 3.08. The highest BCUT2D eigenvalue weighted by Gasteiger charge is 2.26.